The van der Waals surface area contributed by atoms with Crippen LogP contribution in [0.1, 0.15) is 17.5 Å². The molecule has 0 saturated heterocycles. The van der Waals surface area contributed by atoms with Crippen molar-refractivity contribution >= 4 is 21.7 Å². The van der Waals surface area contributed by atoms with Crippen molar-refractivity contribution in [1.29, 1.82) is 0 Å². The fourth-order valence-corrected chi connectivity index (χ4v) is 2.14. The Morgan fingerprint density at radius 3 is 2.47 bits per heavy atom. The van der Waals surface area contributed by atoms with Crippen LogP contribution >= 0.6 is 15.9 Å². The van der Waals surface area contributed by atoms with Crippen LogP contribution < -0.4 is 4.90 Å². The van der Waals surface area contributed by atoms with Gasteiger partial charge in [-0.05, 0) is 45.1 Å². The summed E-state index contributed by atoms with van der Waals surface area (Å²) in [7, 11) is 6.32. The van der Waals surface area contributed by atoms with E-state index in [0.29, 0.717) is 0 Å². The van der Waals surface area contributed by atoms with Crippen molar-refractivity contribution in [2.45, 2.75) is 18.7 Å². The Hall–Kier alpha value is -0.610. The van der Waals surface area contributed by atoms with Crippen molar-refractivity contribution in [3.05, 3.63) is 23.4 Å². The maximum atomic E-state index is 4.53. The Kier molecular flexibility index (Phi) is 5.92. The summed E-state index contributed by atoms with van der Waals surface area (Å²) in [5.74, 6) is 1.09. The van der Waals surface area contributed by atoms with Gasteiger partial charge in [0.05, 0.1) is 0 Å². The molecule has 0 unspecified atom stereocenters. The lowest BCUT2D eigenvalue weighted by atomic mass is 10.2. The summed E-state index contributed by atoms with van der Waals surface area (Å²) in [6, 6.07) is 2.19. The van der Waals surface area contributed by atoms with E-state index in [4.69, 9.17) is 0 Å². The summed E-state index contributed by atoms with van der Waals surface area (Å²) in [4.78, 5) is 8.97. The molecule has 0 aliphatic heterocycles. The zero-order valence-corrected chi connectivity index (χ0v) is 12.8. The maximum absolute atomic E-state index is 4.53. The second kappa shape index (κ2) is 6.97. The predicted molar refractivity (Wildman–Crippen MR) is 78.0 cm³/mol. The standard InChI is InChI=1S/C13H22BrN3/c1-11-8-12(9-14)10-15-13(11)17(4)7-5-6-16(2)3/h8,10H,5-7,9H2,1-4H3. The molecule has 0 radical (unpaired) electrons. The van der Waals surface area contributed by atoms with Crippen molar-refractivity contribution < 1.29 is 0 Å². The third-order valence-corrected chi connectivity index (χ3v) is 3.37. The van der Waals surface area contributed by atoms with Gasteiger partial charge in [-0.3, -0.25) is 0 Å². The van der Waals surface area contributed by atoms with Crippen LogP contribution in [0.4, 0.5) is 5.82 Å². The molecule has 1 aromatic rings. The Labute approximate surface area is 113 Å². The summed E-state index contributed by atoms with van der Waals surface area (Å²) < 4.78 is 0. The van der Waals surface area contributed by atoms with E-state index in [9.17, 15) is 0 Å². The second-order valence-electron chi connectivity index (χ2n) is 4.70. The average Bonchev–Trinajstić information content (AvgIpc) is 2.28. The van der Waals surface area contributed by atoms with Crippen LogP contribution in [-0.2, 0) is 5.33 Å². The van der Waals surface area contributed by atoms with E-state index in [-0.39, 0.29) is 0 Å². The molecule has 0 amide bonds. The first-order valence-electron chi connectivity index (χ1n) is 5.92. The summed E-state index contributed by atoms with van der Waals surface area (Å²) in [5, 5.41) is 0.867. The zero-order valence-electron chi connectivity index (χ0n) is 11.2. The number of aryl methyl sites for hydroxylation is 1. The number of pyridine rings is 1. The highest BCUT2D eigenvalue weighted by molar-refractivity contribution is 9.08. The average molecular weight is 300 g/mol. The van der Waals surface area contributed by atoms with E-state index in [2.05, 4.69) is 64.8 Å². The number of anilines is 1. The lowest BCUT2D eigenvalue weighted by molar-refractivity contribution is 0.401. The molecular weight excluding hydrogens is 278 g/mol. The van der Waals surface area contributed by atoms with E-state index < -0.39 is 0 Å². The fourth-order valence-electron chi connectivity index (χ4n) is 1.83. The topological polar surface area (TPSA) is 19.4 Å². The van der Waals surface area contributed by atoms with Gasteiger partial charge in [0.1, 0.15) is 5.82 Å². The Morgan fingerprint density at radius 1 is 1.24 bits per heavy atom. The minimum Gasteiger partial charge on any atom is -0.359 e. The Morgan fingerprint density at radius 2 is 1.94 bits per heavy atom. The molecule has 0 bridgehead atoms. The normalized spacial score (nSPS) is 10.9. The van der Waals surface area contributed by atoms with Crippen LogP contribution in [0.5, 0.6) is 0 Å². The van der Waals surface area contributed by atoms with Crippen LogP contribution in [-0.4, -0.2) is 44.1 Å². The molecule has 1 aromatic heterocycles. The Bertz CT molecular complexity index is 353. The van der Waals surface area contributed by atoms with E-state index >= 15 is 0 Å². The third kappa shape index (κ3) is 4.64. The molecule has 96 valence electrons. The number of nitrogens with zero attached hydrogens (tertiary/aromatic N) is 3. The van der Waals surface area contributed by atoms with Crippen LogP contribution in [0.3, 0.4) is 0 Å². The molecule has 0 aliphatic carbocycles. The summed E-state index contributed by atoms with van der Waals surface area (Å²) >= 11 is 3.45. The first-order chi connectivity index (χ1) is 8.04. The van der Waals surface area contributed by atoms with Gasteiger partial charge in [-0.15, -0.1) is 0 Å². The fraction of sp³-hybridized carbons (Fsp3) is 0.615. The molecular formula is C13H22BrN3. The van der Waals surface area contributed by atoms with Gasteiger partial charge in [0, 0.05) is 25.1 Å². The van der Waals surface area contributed by atoms with Crippen LogP contribution in [0.15, 0.2) is 12.3 Å². The van der Waals surface area contributed by atoms with Gasteiger partial charge in [-0.2, -0.15) is 0 Å². The van der Waals surface area contributed by atoms with Crippen LogP contribution in [0.2, 0.25) is 0 Å². The van der Waals surface area contributed by atoms with Crippen molar-refractivity contribution in [2.75, 3.05) is 39.1 Å². The number of alkyl halides is 1. The van der Waals surface area contributed by atoms with Crippen molar-refractivity contribution in [2.24, 2.45) is 0 Å². The van der Waals surface area contributed by atoms with Crippen LogP contribution in [0.25, 0.3) is 0 Å². The van der Waals surface area contributed by atoms with E-state index in [1.54, 1.807) is 0 Å². The largest absolute Gasteiger partial charge is 0.359 e. The molecule has 4 heteroatoms. The van der Waals surface area contributed by atoms with Gasteiger partial charge in [0.25, 0.3) is 0 Å². The molecule has 1 heterocycles. The van der Waals surface area contributed by atoms with E-state index in [0.717, 1.165) is 30.7 Å². The summed E-state index contributed by atoms with van der Waals surface area (Å²) in [6.45, 7) is 4.28. The predicted octanol–water partition coefficient (Wildman–Crippen LogP) is 2.67. The molecule has 0 spiro atoms. The summed E-state index contributed by atoms with van der Waals surface area (Å²) in [6.07, 6.45) is 3.10. The van der Waals surface area contributed by atoms with E-state index in [1.165, 1.54) is 11.1 Å². The first-order valence-corrected chi connectivity index (χ1v) is 7.04. The second-order valence-corrected chi connectivity index (χ2v) is 5.26. The van der Waals surface area contributed by atoms with Gasteiger partial charge < -0.3 is 9.80 Å². The highest BCUT2D eigenvalue weighted by Crippen LogP contribution is 2.18. The van der Waals surface area contributed by atoms with Crippen molar-refractivity contribution in [3.8, 4) is 0 Å². The SMILES string of the molecule is Cc1cc(CBr)cnc1N(C)CCCN(C)C. The van der Waals surface area contributed by atoms with E-state index in [1.807, 2.05) is 6.20 Å². The Balaban J connectivity index is 2.59. The van der Waals surface area contributed by atoms with Gasteiger partial charge in [0.2, 0.25) is 0 Å². The number of hydrogen-bond donors (Lipinski definition) is 0. The lowest BCUT2D eigenvalue weighted by Gasteiger charge is -2.21. The number of halogens is 1. The van der Waals surface area contributed by atoms with Crippen molar-refractivity contribution in [3.63, 3.8) is 0 Å². The third-order valence-electron chi connectivity index (χ3n) is 2.72. The highest BCUT2D eigenvalue weighted by atomic mass is 79.9. The molecule has 0 aromatic carbocycles. The molecule has 0 atom stereocenters. The van der Waals surface area contributed by atoms with Gasteiger partial charge >= 0.3 is 0 Å². The molecule has 0 N–H and O–H groups in total. The van der Waals surface area contributed by atoms with Crippen LogP contribution in [0, 0.1) is 6.92 Å². The minimum absolute atomic E-state index is 0.867. The smallest absolute Gasteiger partial charge is 0.131 e. The molecule has 17 heavy (non-hydrogen) atoms. The molecule has 0 aliphatic rings. The van der Waals surface area contributed by atoms with Gasteiger partial charge in [0.15, 0.2) is 0 Å². The summed E-state index contributed by atoms with van der Waals surface area (Å²) in [5.41, 5.74) is 2.47. The van der Waals surface area contributed by atoms with Gasteiger partial charge in [-0.1, -0.05) is 22.0 Å². The quantitative estimate of drug-likeness (QED) is 0.753. The highest BCUT2D eigenvalue weighted by Gasteiger charge is 2.06. The number of hydrogen-bond acceptors (Lipinski definition) is 3. The number of aromatic nitrogens is 1. The number of rotatable bonds is 6. The minimum atomic E-state index is 0.867. The molecule has 0 fully saturated rings. The lowest BCUT2D eigenvalue weighted by Crippen LogP contribution is -2.24. The first kappa shape index (κ1) is 14.5. The monoisotopic (exact) mass is 299 g/mol. The molecule has 0 saturated carbocycles. The van der Waals surface area contributed by atoms with Crippen molar-refractivity contribution in [1.82, 2.24) is 9.88 Å². The molecule has 1 rings (SSSR count). The zero-order chi connectivity index (χ0) is 12.8. The molecule has 3 nitrogen and oxygen atoms in total. The maximum Gasteiger partial charge on any atom is 0.131 e. The van der Waals surface area contributed by atoms with Gasteiger partial charge in [-0.25, -0.2) is 4.98 Å².